The normalized spacial score (nSPS) is 10.0. The van der Waals surface area contributed by atoms with E-state index in [1.54, 1.807) is 11.3 Å². The summed E-state index contributed by atoms with van der Waals surface area (Å²) in [6.07, 6.45) is 4.34. The highest BCUT2D eigenvalue weighted by Gasteiger charge is 2.00. The van der Waals surface area contributed by atoms with Crippen LogP contribution in [0.25, 0.3) is 0 Å². The van der Waals surface area contributed by atoms with Gasteiger partial charge in [-0.15, -0.1) is 11.3 Å². The summed E-state index contributed by atoms with van der Waals surface area (Å²) in [6.45, 7) is 3.32. The molecule has 1 rings (SSSR count). The van der Waals surface area contributed by atoms with Gasteiger partial charge in [-0.05, 0) is 6.42 Å². The second-order valence-electron chi connectivity index (χ2n) is 2.59. The first kappa shape index (κ1) is 8.53. The predicted octanol–water partition coefficient (Wildman–Crippen LogP) is 2.38. The van der Waals surface area contributed by atoms with Gasteiger partial charge in [-0.25, -0.2) is 4.98 Å². The van der Waals surface area contributed by atoms with Crippen LogP contribution in [0.15, 0.2) is 11.6 Å². The fourth-order valence-electron chi connectivity index (χ4n) is 0.895. The number of nitrogens with zero attached hydrogens (tertiary/aromatic N) is 2. The molecule has 1 aromatic heterocycles. The number of unbranched alkanes of at least 4 members (excludes halogenated alkanes) is 1. The Hall–Kier alpha value is -0.570. The molecule has 0 aliphatic carbocycles. The third-order valence-electron chi connectivity index (χ3n) is 1.59. The van der Waals surface area contributed by atoms with E-state index in [-0.39, 0.29) is 0 Å². The van der Waals surface area contributed by atoms with E-state index in [9.17, 15) is 0 Å². The fourth-order valence-corrected chi connectivity index (χ4v) is 1.53. The van der Waals surface area contributed by atoms with Crippen LogP contribution in [0.1, 0.15) is 19.8 Å². The first-order chi connectivity index (χ1) is 5.34. The maximum atomic E-state index is 4.21. The van der Waals surface area contributed by atoms with E-state index >= 15 is 0 Å². The van der Waals surface area contributed by atoms with Crippen molar-refractivity contribution in [3.8, 4) is 0 Å². The topological polar surface area (TPSA) is 16.1 Å². The Labute approximate surface area is 71.9 Å². The van der Waals surface area contributed by atoms with Gasteiger partial charge in [0.05, 0.1) is 0 Å². The minimum Gasteiger partial charge on any atom is -0.351 e. The van der Waals surface area contributed by atoms with Crippen LogP contribution in [0.4, 0.5) is 5.13 Å². The lowest BCUT2D eigenvalue weighted by atomic mass is 10.3. The Balaban J connectivity index is 2.36. The number of hydrogen-bond donors (Lipinski definition) is 0. The quantitative estimate of drug-likeness (QED) is 0.689. The summed E-state index contributed by atoms with van der Waals surface area (Å²) < 4.78 is 0. The van der Waals surface area contributed by atoms with Crippen LogP contribution in [0.2, 0.25) is 0 Å². The van der Waals surface area contributed by atoms with E-state index in [4.69, 9.17) is 0 Å². The van der Waals surface area contributed by atoms with Gasteiger partial charge >= 0.3 is 0 Å². The Morgan fingerprint density at radius 1 is 1.64 bits per heavy atom. The Morgan fingerprint density at radius 3 is 3.00 bits per heavy atom. The second kappa shape index (κ2) is 4.34. The van der Waals surface area contributed by atoms with Crippen LogP contribution in [0.3, 0.4) is 0 Å². The summed E-state index contributed by atoms with van der Waals surface area (Å²) in [5, 5.41) is 3.14. The average molecular weight is 170 g/mol. The molecule has 11 heavy (non-hydrogen) atoms. The summed E-state index contributed by atoms with van der Waals surface area (Å²) in [5.41, 5.74) is 0. The highest BCUT2D eigenvalue weighted by molar-refractivity contribution is 7.13. The highest BCUT2D eigenvalue weighted by Crippen LogP contribution is 2.15. The molecule has 0 saturated carbocycles. The highest BCUT2D eigenvalue weighted by atomic mass is 32.1. The molecule has 0 unspecified atom stereocenters. The largest absolute Gasteiger partial charge is 0.351 e. The third-order valence-corrected chi connectivity index (χ3v) is 2.48. The van der Waals surface area contributed by atoms with E-state index in [1.165, 1.54) is 12.8 Å². The van der Waals surface area contributed by atoms with Crippen molar-refractivity contribution < 1.29 is 0 Å². The number of thiazole rings is 1. The van der Waals surface area contributed by atoms with Crippen molar-refractivity contribution >= 4 is 16.5 Å². The number of aromatic nitrogens is 1. The van der Waals surface area contributed by atoms with Gasteiger partial charge in [0.2, 0.25) is 0 Å². The smallest absolute Gasteiger partial charge is 0.184 e. The molecular formula is C8H14N2S. The first-order valence-corrected chi connectivity index (χ1v) is 4.83. The molecule has 0 saturated heterocycles. The number of hydrogen-bond acceptors (Lipinski definition) is 3. The molecule has 1 heterocycles. The van der Waals surface area contributed by atoms with Gasteiger partial charge in [0, 0.05) is 25.2 Å². The summed E-state index contributed by atoms with van der Waals surface area (Å²) in [7, 11) is 2.09. The SMILES string of the molecule is CCCCN(C)c1nccs1. The Kier molecular flexibility index (Phi) is 3.36. The lowest BCUT2D eigenvalue weighted by molar-refractivity contribution is 0.765. The number of rotatable bonds is 4. The van der Waals surface area contributed by atoms with Crippen LogP contribution in [0, 0.1) is 0 Å². The van der Waals surface area contributed by atoms with Crippen LogP contribution >= 0.6 is 11.3 Å². The van der Waals surface area contributed by atoms with Crippen molar-refractivity contribution in [2.45, 2.75) is 19.8 Å². The minimum absolute atomic E-state index is 1.12. The van der Waals surface area contributed by atoms with Crippen molar-refractivity contribution in [3.63, 3.8) is 0 Å². The molecule has 62 valence electrons. The number of anilines is 1. The van der Waals surface area contributed by atoms with Crippen LogP contribution < -0.4 is 4.90 Å². The van der Waals surface area contributed by atoms with E-state index < -0.39 is 0 Å². The molecule has 0 aliphatic rings. The van der Waals surface area contributed by atoms with Gasteiger partial charge in [-0.2, -0.15) is 0 Å². The molecule has 0 radical (unpaired) electrons. The first-order valence-electron chi connectivity index (χ1n) is 3.95. The van der Waals surface area contributed by atoms with Gasteiger partial charge in [0.1, 0.15) is 0 Å². The zero-order chi connectivity index (χ0) is 8.10. The lowest BCUT2D eigenvalue weighted by Crippen LogP contribution is -2.17. The summed E-state index contributed by atoms with van der Waals surface area (Å²) >= 11 is 1.70. The molecule has 0 bridgehead atoms. The molecule has 0 atom stereocenters. The molecule has 1 aromatic rings. The maximum absolute atomic E-state index is 4.21. The molecule has 0 amide bonds. The molecule has 3 heteroatoms. The van der Waals surface area contributed by atoms with Crippen molar-refractivity contribution in [2.24, 2.45) is 0 Å². The van der Waals surface area contributed by atoms with Gasteiger partial charge in [-0.1, -0.05) is 13.3 Å². The van der Waals surface area contributed by atoms with Crippen LogP contribution in [-0.2, 0) is 0 Å². The van der Waals surface area contributed by atoms with Gasteiger partial charge in [-0.3, -0.25) is 0 Å². The third kappa shape index (κ3) is 2.50. The molecular weight excluding hydrogens is 156 g/mol. The summed E-state index contributed by atoms with van der Waals surface area (Å²) in [6, 6.07) is 0. The van der Waals surface area contributed by atoms with Crippen molar-refractivity contribution in [3.05, 3.63) is 11.6 Å². The van der Waals surface area contributed by atoms with Gasteiger partial charge in [0.25, 0.3) is 0 Å². The van der Waals surface area contributed by atoms with Crippen LogP contribution in [-0.4, -0.2) is 18.6 Å². The molecule has 0 aliphatic heterocycles. The van der Waals surface area contributed by atoms with Crippen molar-refractivity contribution in [2.75, 3.05) is 18.5 Å². The zero-order valence-corrected chi connectivity index (χ0v) is 7.90. The van der Waals surface area contributed by atoms with Gasteiger partial charge < -0.3 is 4.90 Å². The van der Waals surface area contributed by atoms with Crippen LogP contribution in [0.5, 0.6) is 0 Å². The average Bonchev–Trinajstić information content (AvgIpc) is 2.52. The predicted molar refractivity (Wildman–Crippen MR) is 50.3 cm³/mol. The van der Waals surface area contributed by atoms with E-state index in [0.29, 0.717) is 0 Å². The van der Waals surface area contributed by atoms with E-state index in [2.05, 4.69) is 23.9 Å². The lowest BCUT2D eigenvalue weighted by Gasteiger charge is -2.14. The fraction of sp³-hybridized carbons (Fsp3) is 0.625. The molecule has 0 fully saturated rings. The summed E-state index contributed by atoms with van der Waals surface area (Å²) in [5.74, 6) is 0. The maximum Gasteiger partial charge on any atom is 0.184 e. The van der Waals surface area contributed by atoms with E-state index in [0.717, 1.165) is 11.7 Å². The van der Waals surface area contributed by atoms with E-state index in [1.807, 2.05) is 11.6 Å². The molecule has 0 N–H and O–H groups in total. The summed E-state index contributed by atoms with van der Waals surface area (Å²) in [4.78, 5) is 6.42. The Bertz CT molecular complexity index is 184. The van der Waals surface area contributed by atoms with Crippen molar-refractivity contribution in [1.82, 2.24) is 4.98 Å². The van der Waals surface area contributed by atoms with Gasteiger partial charge in [0.15, 0.2) is 5.13 Å². The van der Waals surface area contributed by atoms with Crippen molar-refractivity contribution in [1.29, 1.82) is 0 Å². The zero-order valence-electron chi connectivity index (χ0n) is 7.08. The molecule has 0 spiro atoms. The molecule has 2 nitrogen and oxygen atoms in total. The second-order valence-corrected chi connectivity index (χ2v) is 3.46. The molecule has 0 aromatic carbocycles. The monoisotopic (exact) mass is 170 g/mol. The standard InChI is InChI=1S/C8H14N2S/c1-3-4-6-10(2)8-9-5-7-11-8/h5,7H,3-4,6H2,1-2H3. The Morgan fingerprint density at radius 2 is 2.45 bits per heavy atom. The minimum atomic E-state index is 1.12.